The molecule has 0 aliphatic carbocycles. The summed E-state index contributed by atoms with van der Waals surface area (Å²) >= 11 is 0. The monoisotopic (exact) mass is 413 g/mol. The Balaban J connectivity index is 1.89. The maximum Gasteiger partial charge on any atom is 0.425 e. The Morgan fingerprint density at radius 3 is 2.31 bits per heavy atom. The molecule has 2 N–H and O–H groups in total. The summed E-state index contributed by atoms with van der Waals surface area (Å²) in [5.41, 5.74) is -2.23. The molecule has 0 saturated carbocycles. The number of carbonyl (C=O) groups excluding carboxylic acids is 1. The molecule has 1 aromatic carbocycles. The molecule has 0 aliphatic rings. The summed E-state index contributed by atoms with van der Waals surface area (Å²) in [7, 11) is 1.32. The van der Waals surface area contributed by atoms with Crippen molar-refractivity contribution in [2.24, 2.45) is 7.05 Å². The van der Waals surface area contributed by atoms with E-state index in [9.17, 15) is 23.1 Å². The van der Waals surface area contributed by atoms with E-state index < -0.39 is 29.9 Å². The third-order valence-corrected chi connectivity index (χ3v) is 4.49. The average Bonchev–Trinajstić information content (AvgIpc) is 3.04. The molecular weight excluding hydrogens is 387 g/mol. The van der Waals surface area contributed by atoms with Crippen LogP contribution in [-0.2, 0) is 22.9 Å². The van der Waals surface area contributed by atoms with Crippen molar-refractivity contribution in [3.8, 4) is 5.75 Å². The van der Waals surface area contributed by atoms with E-state index in [1.54, 1.807) is 12.1 Å². The first kappa shape index (κ1) is 22.7. The number of aromatic nitrogens is 2. The third kappa shape index (κ3) is 5.50. The fourth-order valence-electron chi connectivity index (χ4n) is 2.78. The summed E-state index contributed by atoms with van der Waals surface area (Å²) in [6, 6.07) is 7.46. The fourth-order valence-corrected chi connectivity index (χ4v) is 2.78. The number of imidazole rings is 1. The highest BCUT2D eigenvalue weighted by Gasteiger charge is 2.58. The maximum atomic E-state index is 13.4. The predicted molar refractivity (Wildman–Crippen MR) is 101 cm³/mol. The van der Waals surface area contributed by atoms with Crippen LogP contribution in [0.4, 0.5) is 13.2 Å². The minimum Gasteiger partial charge on any atom is -0.492 e. The number of rotatable bonds is 7. The first-order chi connectivity index (χ1) is 13.3. The Bertz CT molecular complexity index is 826. The number of amides is 1. The standard InChI is InChI=1S/C20H26F3N3O3/c1-18(2,3)14-5-7-15(8-6-14)29-12-10-24-16(27)13-19(28,20(21,22)23)17-25-9-11-26(17)4/h5-9,11,28H,10,12-13H2,1-4H3,(H,24,27). The van der Waals surface area contributed by atoms with Gasteiger partial charge in [-0.15, -0.1) is 0 Å². The Morgan fingerprint density at radius 1 is 1.21 bits per heavy atom. The minimum atomic E-state index is -5.06. The molecule has 1 aromatic heterocycles. The number of hydrogen-bond donors (Lipinski definition) is 2. The number of benzene rings is 1. The first-order valence-electron chi connectivity index (χ1n) is 9.11. The molecule has 0 aliphatic heterocycles. The van der Waals surface area contributed by atoms with E-state index in [1.807, 2.05) is 12.1 Å². The van der Waals surface area contributed by atoms with Crippen LogP contribution in [-0.4, -0.2) is 39.9 Å². The Hall–Kier alpha value is -2.55. The van der Waals surface area contributed by atoms with Crippen LogP contribution in [0.1, 0.15) is 38.6 Å². The number of halogens is 3. The lowest BCUT2D eigenvalue weighted by molar-refractivity contribution is -0.271. The first-order valence-corrected chi connectivity index (χ1v) is 9.11. The van der Waals surface area contributed by atoms with Crippen molar-refractivity contribution in [2.75, 3.05) is 13.2 Å². The SMILES string of the molecule is Cn1ccnc1C(O)(CC(=O)NCCOc1ccc(C(C)(C)C)cc1)C(F)(F)F. The summed E-state index contributed by atoms with van der Waals surface area (Å²) in [5.74, 6) is -1.01. The number of ether oxygens (including phenoxy) is 1. The molecule has 0 radical (unpaired) electrons. The Morgan fingerprint density at radius 2 is 1.83 bits per heavy atom. The molecule has 9 heteroatoms. The zero-order valence-electron chi connectivity index (χ0n) is 16.9. The quantitative estimate of drug-likeness (QED) is 0.684. The number of aliphatic hydroxyl groups is 1. The second-order valence-electron chi connectivity index (χ2n) is 7.87. The number of aryl methyl sites for hydroxylation is 1. The van der Waals surface area contributed by atoms with Gasteiger partial charge in [-0.25, -0.2) is 4.98 Å². The molecule has 29 heavy (non-hydrogen) atoms. The van der Waals surface area contributed by atoms with Crippen LogP contribution in [0.3, 0.4) is 0 Å². The largest absolute Gasteiger partial charge is 0.492 e. The van der Waals surface area contributed by atoms with Crippen LogP contribution in [0.5, 0.6) is 5.75 Å². The van der Waals surface area contributed by atoms with Crippen LogP contribution >= 0.6 is 0 Å². The molecule has 160 valence electrons. The summed E-state index contributed by atoms with van der Waals surface area (Å²) in [6.07, 6.45) is -3.86. The minimum absolute atomic E-state index is 0.00560. The van der Waals surface area contributed by atoms with Crippen molar-refractivity contribution in [1.29, 1.82) is 0 Å². The van der Waals surface area contributed by atoms with E-state index in [0.717, 1.165) is 16.3 Å². The van der Waals surface area contributed by atoms with E-state index >= 15 is 0 Å². The number of carbonyl (C=O) groups is 1. The summed E-state index contributed by atoms with van der Waals surface area (Å²) < 4.78 is 46.8. The third-order valence-electron chi connectivity index (χ3n) is 4.49. The van der Waals surface area contributed by atoms with Gasteiger partial charge in [-0.05, 0) is 23.1 Å². The van der Waals surface area contributed by atoms with E-state index in [2.05, 4.69) is 31.1 Å². The van der Waals surface area contributed by atoms with Crippen molar-refractivity contribution >= 4 is 5.91 Å². The van der Waals surface area contributed by atoms with Gasteiger partial charge in [-0.1, -0.05) is 32.9 Å². The van der Waals surface area contributed by atoms with Crippen LogP contribution in [0.25, 0.3) is 0 Å². The van der Waals surface area contributed by atoms with Crippen molar-refractivity contribution in [3.05, 3.63) is 48.0 Å². The summed E-state index contributed by atoms with van der Waals surface area (Å²) in [4.78, 5) is 15.6. The molecule has 1 amide bonds. The number of alkyl halides is 3. The van der Waals surface area contributed by atoms with Gasteiger partial charge in [0.15, 0.2) is 5.82 Å². The Labute approximate surface area is 167 Å². The molecule has 1 heterocycles. The van der Waals surface area contributed by atoms with Crippen molar-refractivity contribution < 1.29 is 27.8 Å². The van der Waals surface area contributed by atoms with Gasteiger partial charge in [0.2, 0.25) is 11.5 Å². The van der Waals surface area contributed by atoms with Gasteiger partial charge >= 0.3 is 6.18 Å². The predicted octanol–water partition coefficient (Wildman–Crippen LogP) is 3.05. The number of nitrogens with zero attached hydrogens (tertiary/aromatic N) is 2. The van der Waals surface area contributed by atoms with Crippen LogP contribution in [0, 0.1) is 0 Å². The highest BCUT2D eigenvalue weighted by molar-refractivity contribution is 5.77. The van der Waals surface area contributed by atoms with Crippen LogP contribution in [0.15, 0.2) is 36.7 Å². The van der Waals surface area contributed by atoms with Gasteiger partial charge in [0.25, 0.3) is 0 Å². The van der Waals surface area contributed by atoms with Gasteiger partial charge in [0, 0.05) is 19.4 Å². The van der Waals surface area contributed by atoms with Gasteiger partial charge in [-0.3, -0.25) is 4.79 Å². The second kappa shape index (κ2) is 8.44. The summed E-state index contributed by atoms with van der Waals surface area (Å²) in [5, 5.41) is 12.5. The van der Waals surface area contributed by atoms with Gasteiger partial charge in [-0.2, -0.15) is 13.2 Å². The zero-order chi connectivity index (χ0) is 21.9. The molecule has 2 rings (SSSR count). The summed E-state index contributed by atoms with van der Waals surface area (Å²) in [6.45, 7) is 6.34. The van der Waals surface area contributed by atoms with Crippen LogP contribution in [0.2, 0.25) is 0 Å². The molecule has 0 saturated heterocycles. The lowest BCUT2D eigenvalue weighted by atomic mass is 9.87. The highest BCUT2D eigenvalue weighted by atomic mass is 19.4. The van der Waals surface area contributed by atoms with Gasteiger partial charge < -0.3 is 19.7 Å². The molecule has 1 unspecified atom stereocenters. The normalized spacial score (nSPS) is 14.3. The Kier molecular flexibility index (Phi) is 6.62. The van der Waals surface area contributed by atoms with Crippen LogP contribution < -0.4 is 10.1 Å². The van der Waals surface area contributed by atoms with Crippen molar-refractivity contribution in [3.63, 3.8) is 0 Å². The van der Waals surface area contributed by atoms with E-state index in [-0.39, 0.29) is 18.6 Å². The zero-order valence-corrected chi connectivity index (χ0v) is 16.9. The smallest absolute Gasteiger partial charge is 0.425 e. The average molecular weight is 413 g/mol. The van der Waals surface area contributed by atoms with Gasteiger partial charge in [0.1, 0.15) is 12.4 Å². The topological polar surface area (TPSA) is 76.4 Å². The molecule has 0 fully saturated rings. The lowest BCUT2D eigenvalue weighted by Crippen LogP contribution is -2.48. The number of hydrogen-bond acceptors (Lipinski definition) is 4. The lowest BCUT2D eigenvalue weighted by Gasteiger charge is -2.29. The fraction of sp³-hybridized carbons (Fsp3) is 0.500. The van der Waals surface area contributed by atoms with Crippen molar-refractivity contribution in [1.82, 2.24) is 14.9 Å². The van der Waals surface area contributed by atoms with E-state index in [1.165, 1.54) is 13.2 Å². The molecule has 0 bridgehead atoms. The maximum absolute atomic E-state index is 13.4. The molecule has 6 nitrogen and oxygen atoms in total. The van der Waals surface area contributed by atoms with Gasteiger partial charge in [0.05, 0.1) is 13.0 Å². The van der Waals surface area contributed by atoms with E-state index in [4.69, 9.17) is 4.74 Å². The molecule has 2 aromatic rings. The van der Waals surface area contributed by atoms with E-state index in [0.29, 0.717) is 5.75 Å². The highest BCUT2D eigenvalue weighted by Crippen LogP contribution is 2.40. The molecular formula is C20H26F3N3O3. The molecule has 1 atom stereocenters. The second-order valence-corrected chi connectivity index (χ2v) is 7.87. The number of nitrogens with one attached hydrogen (secondary N) is 1. The van der Waals surface area contributed by atoms with Crippen molar-refractivity contribution in [2.45, 2.75) is 44.4 Å². The molecule has 0 spiro atoms.